The van der Waals surface area contributed by atoms with Crippen LogP contribution in [-0.4, -0.2) is 12.1 Å². The Morgan fingerprint density at radius 1 is 1.17 bits per heavy atom. The summed E-state index contributed by atoms with van der Waals surface area (Å²) in [6, 6.07) is 0.528. The molecule has 0 spiro atoms. The molecule has 0 heterocycles. The molecule has 0 aliphatic heterocycles. The van der Waals surface area contributed by atoms with Gasteiger partial charge in [-0.2, -0.15) is 0 Å². The van der Waals surface area contributed by atoms with Gasteiger partial charge in [0.15, 0.2) is 0 Å². The largest absolute Gasteiger partial charge is 0.328 e. The average molecular weight is 172 g/mol. The first-order valence-electron chi connectivity index (χ1n) is 5.09. The molecule has 12 heavy (non-hydrogen) atoms. The summed E-state index contributed by atoms with van der Waals surface area (Å²) in [6.07, 6.45) is 4.73. The van der Waals surface area contributed by atoms with Crippen LogP contribution >= 0.6 is 0 Å². The molecule has 0 radical (unpaired) electrons. The highest BCUT2D eigenvalue weighted by atomic mass is 14.7. The lowest BCUT2D eigenvalue weighted by Crippen LogP contribution is -2.34. The first kappa shape index (κ1) is 11.9. The van der Waals surface area contributed by atoms with Gasteiger partial charge in [0, 0.05) is 12.1 Å². The predicted octanol–water partition coefficient (Wildman–Crippen LogP) is 1.88. The molecule has 3 unspecified atom stereocenters. The third-order valence-corrected chi connectivity index (χ3v) is 2.39. The van der Waals surface area contributed by atoms with Crippen molar-refractivity contribution in [3.63, 3.8) is 0 Å². The van der Waals surface area contributed by atoms with Crippen LogP contribution in [0.15, 0.2) is 0 Å². The van der Waals surface area contributed by atoms with Crippen LogP contribution in [0.1, 0.15) is 46.5 Å². The number of nitrogens with two attached hydrogens (primary N) is 2. The van der Waals surface area contributed by atoms with Crippen molar-refractivity contribution in [2.75, 3.05) is 0 Å². The standard InChI is InChI=1S/C10H24N2/c1-4-5-6-8(2)10(12)7-9(3)11/h8-10H,4-7,11-12H2,1-3H3. The summed E-state index contributed by atoms with van der Waals surface area (Å²) in [4.78, 5) is 0. The number of unbranched alkanes of at least 4 members (excludes halogenated alkanes) is 1. The average Bonchev–Trinajstić information content (AvgIpc) is 1.98. The molecule has 4 N–H and O–H groups in total. The summed E-state index contributed by atoms with van der Waals surface area (Å²) >= 11 is 0. The van der Waals surface area contributed by atoms with E-state index in [0.717, 1.165) is 6.42 Å². The van der Waals surface area contributed by atoms with E-state index in [9.17, 15) is 0 Å². The summed E-state index contributed by atoms with van der Waals surface area (Å²) < 4.78 is 0. The van der Waals surface area contributed by atoms with E-state index >= 15 is 0 Å². The summed E-state index contributed by atoms with van der Waals surface area (Å²) in [5, 5.41) is 0. The van der Waals surface area contributed by atoms with E-state index in [1.165, 1.54) is 19.3 Å². The zero-order valence-corrected chi connectivity index (χ0v) is 8.72. The Labute approximate surface area is 76.7 Å². The summed E-state index contributed by atoms with van der Waals surface area (Å²) in [7, 11) is 0. The molecular weight excluding hydrogens is 148 g/mol. The second-order valence-corrected chi connectivity index (χ2v) is 4.00. The minimum absolute atomic E-state index is 0.240. The minimum Gasteiger partial charge on any atom is -0.328 e. The quantitative estimate of drug-likeness (QED) is 0.642. The van der Waals surface area contributed by atoms with E-state index < -0.39 is 0 Å². The van der Waals surface area contributed by atoms with Gasteiger partial charge in [-0.1, -0.05) is 26.7 Å². The van der Waals surface area contributed by atoms with Gasteiger partial charge >= 0.3 is 0 Å². The molecule has 0 aliphatic carbocycles. The number of rotatable bonds is 6. The Balaban J connectivity index is 3.53. The maximum Gasteiger partial charge on any atom is 0.00791 e. The SMILES string of the molecule is CCCCC(C)C(N)CC(C)N. The van der Waals surface area contributed by atoms with Crippen molar-refractivity contribution < 1.29 is 0 Å². The van der Waals surface area contributed by atoms with Crippen LogP contribution in [0, 0.1) is 5.92 Å². The molecule has 0 saturated heterocycles. The van der Waals surface area contributed by atoms with Gasteiger partial charge in [-0.05, 0) is 25.7 Å². The third-order valence-electron chi connectivity index (χ3n) is 2.39. The van der Waals surface area contributed by atoms with Crippen LogP contribution in [0.4, 0.5) is 0 Å². The van der Waals surface area contributed by atoms with Gasteiger partial charge in [0.1, 0.15) is 0 Å². The zero-order valence-electron chi connectivity index (χ0n) is 8.72. The lowest BCUT2D eigenvalue weighted by atomic mass is 9.92. The van der Waals surface area contributed by atoms with Crippen molar-refractivity contribution in [2.24, 2.45) is 17.4 Å². The van der Waals surface area contributed by atoms with E-state index in [2.05, 4.69) is 13.8 Å². The Bertz CT molecular complexity index is 102. The van der Waals surface area contributed by atoms with Crippen LogP contribution in [0.25, 0.3) is 0 Å². The van der Waals surface area contributed by atoms with E-state index in [1.807, 2.05) is 6.92 Å². The van der Waals surface area contributed by atoms with Gasteiger partial charge in [0.2, 0.25) is 0 Å². The first-order valence-corrected chi connectivity index (χ1v) is 5.09. The van der Waals surface area contributed by atoms with Crippen molar-refractivity contribution in [3.8, 4) is 0 Å². The molecule has 0 aromatic heterocycles. The van der Waals surface area contributed by atoms with Crippen LogP contribution < -0.4 is 11.5 Å². The summed E-state index contributed by atoms with van der Waals surface area (Å²) in [6.45, 7) is 6.46. The highest BCUT2D eigenvalue weighted by molar-refractivity contribution is 4.72. The molecule has 3 atom stereocenters. The van der Waals surface area contributed by atoms with Gasteiger partial charge in [0.25, 0.3) is 0 Å². The topological polar surface area (TPSA) is 52.0 Å². The van der Waals surface area contributed by atoms with Gasteiger partial charge in [0.05, 0.1) is 0 Å². The second-order valence-electron chi connectivity index (χ2n) is 4.00. The molecule has 0 amide bonds. The van der Waals surface area contributed by atoms with E-state index in [4.69, 9.17) is 11.5 Å². The number of hydrogen-bond acceptors (Lipinski definition) is 2. The van der Waals surface area contributed by atoms with Gasteiger partial charge in [-0.15, -0.1) is 0 Å². The van der Waals surface area contributed by atoms with Crippen molar-refractivity contribution in [2.45, 2.75) is 58.5 Å². The van der Waals surface area contributed by atoms with Crippen LogP contribution in [0.5, 0.6) is 0 Å². The summed E-state index contributed by atoms with van der Waals surface area (Å²) in [5.41, 5.74) is 11.7. The monoisotopic (exact) mass is 172 g/mol. The van der Waals surface area contributed by atoms with E-state index in [-0.39, 0.29) is 12.1 Å². The minimum atomic E-state index is 0.240. The molecule has 0 aromatic carbocycles. The molecule has 2 heteroatoms. The Morgan fingerprint density at radius 3 is 2.17 bits per heavy atom. The lowest BCUT2D eigenvalue weighted by molar-refractivity contribution is 0.378. The Hall–Kier alpha value is -0.0800. The number of hydrogen-bond donors (Lipinski definition) is 2. The molecule has 74 valence electrons. The second kappa shape index (κ2) is 6.44. The van der Waals surface area contributed by atoms with Gasteiger partial charge in [-0.3, -0.25) is 0 Å². The maximum atomic E-state index is 5.98. The van der Waals surface area contributed by atoms with Crippen molar-refractivity contribution >= 4 is 0 Å². The molecule has 0 fully saturated rings. The zero-order chi connectivity index (χ0) is 9.56. The van der Waals surface area contributed by atoms with Crippen LogP contribution in [0.2, 0.25) is 0 Å². The van der Waals surface area contributed by atoms with Gasteiger partial charge in [-0.25, -0.2) is 0 Å². The fraction of sp³-hybridized carbons (Fsp3) is 1.00. The lowest BCUT2D eigenvalue weighted by Gasteiger charge is -2.21. The predicted molar refractivity (Wildman–Crippen MR) is 54.9 cm³/mol. The molecule has 0 saturated carbocycles. The Kier molecular flexibility index (Phi) is 6.39. The van der Waals surface area contributed by atoms with Crippen molar-refractivity contribution in [1.82, 2.24) is 0 Å². The highest BCUT2D eigenvalue weighted by Gasteiger charge is 2.13. The fourth-order valence-corrected chi connectivity index (χ4v) is 1.40. The third kappa shape index (κ3) is 5.56. The summed E-state index contributed by atoms with van der Waals surface area (Å²) in [5.74, 6) is 0.621. The van der Waals surface area contributed by atoms with Gasteiger partial charge < -0.3 is 11.5 Å². The maximum absolute atomic E-state index is 5.98. The fourth-order valence-electron chi connectivity index (χ4n) is 1.40. The molecule has 0 bridgehead atoms. The van der Waals surface area contributed by atoms with E-state index in [1.54, 1.807) is 0 Å². The Morgan fingerprint density at radius 2 is 1.75 bits per heavy atom. The van der Waals surface area contributed by atoms with Crippen molar-refractivity contribution in [1.29, 1.82) is 0 Å². The van der Waals surface area contributed by atoms with Crippen molar-refractivity contribution in [3.05, 3.63) is 0 Å². The van der Waals surface area contributed by atoms with Crippen LogP contribution in [0.3, 0.4) is 0 Å². The molecule has 0 aromatic rings. The highest BCUT2D eigenvalue weighted by Crippen LogP contribution is 2.13. The van der Waals surface area contributed by atoms with E-state index in [0.29, 0.717) is 5.92 Å². The molecule has 0 aliphatic rings. The molecule has 2 nitrogen and oxygen atoms in total. The smallest absolute Gasteiger partial charge is 0.00791 e. The molecular formula is C10H24N2. The first-order chi connectivity index (χ1) is 5.57. The van der Waals surface area contributed by atoms with Crippen LogP contribution in [-0.2, 0) is 0 Å². The normalized spacial score (nSPS) is 18.8. The molecule has 0 rings (SSSR count).